The Morgan fingerprint density at radius 3 is 2.52 bits per heavy atom. The summed E-state index contributed by atoms with van der Waals surface area (Å²) in [6, 6.07) is 11.8. The molecule has 7 heteroatoms. The third-order valence-corrected chi connectivity index (χ3v) is 3.85. The van der Waals surface area contributed by atoms with Crippen molar-refractivity contribution in [2.75, 3.05) is 0 Å². The van der Waals surface area contributed by atoms with Gasteiger partial charge in [0.1, 0.15) is 22.3 Å². The van der Waals surface area contributed by atoms with E-state index in [9.17, 15) is 20.2 Å². The molecule has 0 amide bonds. The molecular weight excluding hydrogens is 322 g/mol. The maximum Gasteiger partial charge on any atom is 0.433 e. The fourth-order valence-electron chi connectivity index (χ4n) is 2.70. The summed E-state index contributed by atoms with van der Waals surface area (Å²) >= 11 is 0. The van der Waals surface area contributed by atoms with Crippen molar-refractivity contribution in [3.05, 3.63) is 73.6 Å². The van der Waals surface area contributed by atoms with Crippen LogP contribution in [-0.2, 0) is 0 Å². The number of nitriles is 1. The van der Waals surface area contributed by atoms with E-state index in [-0.39, 0.29) is 16.9 Å². The molecule has 0 atom stereocenters. The van der Waals surface area contributed by atoms with Gasteiger partial charge in [-0.05, 0) is 31.5 Å². The number of hydrogen-bond acceptors (Lipinski definition) is 5. The molecule has 0 fully saturated rings. The number of nitrogens with zero attached hydrogens (tertiary/aromatic N) is 2. The van der Waals surface area contributed by atoms with E-state index >= 15 is 0 Å². The van der Waals surface area contributed by atoms with Crippen molar-refractivity contribution in [2.45, 2.75) is 13.8 Å². The monoisotopic (exact) mass is 335 g/mol. The van der Waals surface area contributed by atoms with Gasteiger partial charge in [0.2, 0.25) is 0 Å². The summed E-state index contributed by atoms with van der Waals surface area (Å²) in [5, 5.41) is 20.1. The minimum Gasteiger partial charge on any atom is -0.401 e. The van der Waals surface area contributed by atoms with Crippen molar-refractivity contribution in [2.24, 2.45) is 0 Å². The summed E-state index contributed by atoms with van der Waals surface area (Å²) in [7, 11) is 0. The van der Waals surface area contributed by atoms with Crippen LogP contribution in [-0.4, -0.2) is 9.91 Å². The number of H-pyrrole nitrogens is 1. The maximum atomic E-state index is 12.3. The molecule has 3 aromatic rings. The number of furan rings is 1. The molecule has 124 valence electrons. The molecule has 0 aliphatic heterocycles. The van der Waals surface area contributed by atoms with Crippen LogP contribution in [0.15, 0.2) is 45.6 Å². The molecule has 0 saturated carbocycles. The smallest absolute Gasteiger partial charge is 0.401 e. The van der Waals surface area contributed by atoms with Gasteiger partial charge in [-0.25, -0.2) is 0 Å². The molecule has 0 aliphatic rings. The van der Waals surface area contributed by atoms with Crippen LogP contribution in [0.5, 0.6) is 0 Å². The van der Waals surface area contributed by atoms with Crippen LogP contribution in [0.2, 0.25) is 0 Å². The van der Waals surface area contributed by atoms with Crippen molar-refractivity contribution < 1.29 is 9.34 Å². The predicted octanol–water partition coefficient (Wildman–Crippen LogP) is 3.70. The van der Waals surface area contributed by atoms with Gasteiger partial charge in [0, 0.05) is 16.8 Å². The molecule has 0 bridgehead atoms. The Bertz CT molecular complexity index is 1090. The van der Waals surface area contributed by atoms with Crippen molar-refractivity contribution in [3.63, 3.8) is 0 Å². The number of aromatic nitrogens is 1. The normalized spacial score (nSPS) is 10.4. The Hall–Kier alpha value is -3.66. The number of benzene rings is 1. The van der Waals surface area contributed by atoms with Gasteiger partial charge in [-0.3, -0.25) is 14.9 Å². The fraction of sp³-hybridized carbons (Fsp3) is 0.111. The van der Waals surface area contributed by atoms with E-state index in [2.05, 4.69) is 4.98 Å². The van der Waals surface area contributed by atoms with Crippen molar-refractivity contribution >= 4 is 5.88 Å². The van der Waals surface area contributed by atoms with Gasteiger partial charge in [-0.1, -0.05) is 23.8 Å². The highest BCUT2D eigenvalue weighted by atomic mass is 16.6. The Morgan fingerprint density at radius 1 is 1.16 bits per heavy atom. The third-order valence-electron chi connectivity index (χ3n) is 3.85. The topological polar surface area (TPSA) is 113 Å². The number of pyridine rings is 1. The largest absolute Gasteiger partial charge is 0.433 e. The SMILES string of the molecule is Cc1ccc(-c2cc(-c3ccc([N+](=O)[O-])o3)c(C#N)c(=O)[nH]2)c(C)c1. The third kappa shape index (κ3) is 2.93. The average molecular weight is 335 g/mol. The standard InChI is InChI=1S/C18H13N3O4/c1-10-3-4-12(11(2)7-10)15-8-13(14(9-19)18(22)20-15)16-5-6-17(25-16)21(23)24/h3-8H,1-2H3,(H,20,22). The molecule has 0 saturated heterocycles. The lowest BCUT2D eigenvalue weighted by atomic mass is 9.99. The van der Waals surface area contributed by atoms with Crippen LogP contribution in [0.4, 0.5) is 5.88 Å². The van der Waals surface area contributed by atoms with E-state index < -0.39 is 16.4 Å². The summed E-state index contributed by atoms with van der Waals surface area (Å²) < 4.78 is 5.17. The Balaban J connectivity index is 2.24. The average Bonchev–Trinajstić information content (AvgIpc) is 3.04. The van der Waals surface area contributed by atoms with Gasteiger partial charge >= 0.3 is 5.88 Å². The van der Waals surface area contributed by atoms with Crippen LogP contribution in [0.3, 0.4) is 0 Å². The number of nitrogens with one attached hydrogen (secondary N) is 1. The van der Waals surface area contributed by atoms with Gasteiger partial charge in [0.25, 0.3) is 5.56 Å². The molecule has 1 aromatic carbocycles. The summed E-state index contributed by atoms with van der Waals surface area (Å²) in [6.07, 6.45) is 0. The zero-order valence-corrected chi connectivity index (χ0v) is 13.5. The highest BCUT2D eigenvalue weighted by molar-refractivity contribution is 5.74. The lowest BCUT2D eigenvalue weighted by Crippen LogP contribution is -2.12. The fourth-order valence-corrected chi connectivity index (χ4v) is 2.70. The first kappa shape index (κ1) is 16.2. The maximum absolute atomic E-state index is 12.3. The van der Waals surface area contributed by atoms with Gasteiger partial charge in [-0.2, -0.15) is 5.26 Å². The first-order valence-electron chi connectivity index (χ1n) is 7.40. The Morgan fingerprint density at radius 2 is 1.92 bits per heavy atom. The highest BCUT2D eigenvalue weighted by Gasteiger charge is 2.19. The zero-order chi connectivity index (χ0) is 18.1. The number of nitro groups is 1. The molecule has 0 radical (unpaired) electrons. The van der Waals surface area contributed by atoms with Gasteiger partial charge in [0.15, 0.2) is 0 Å². The van der Waals surface area contributed by atoms with E-state index in [0.29, 0.717) is 5.69 Å². The summed E-state index contributed by atoms with van der Waals surface area (Å²) in [5.74, 6) is -0.354. The van der Waals surface area contributed by atoms with Gasteiger partial charge < -0.3 is 9.40 Å². The molecule has 7 nitrogen and oxygen atoms in total. The molecule has 25 heavy (non-hydrogen) atoms. The number of aryl methyl sites for hydroxylation is 2. The first-order chi connectivity index (χ1) is 11.9. The zero-order valence-electron chi connectivity index (χ0n) is 13.5. The van der Waals surface area contributed by atoms with Crippen LogP contribution in [0.1, 0.15) is 16.7 Å². The second-order valence-electron chi connectivity index (χ2n) is 5.63. The van der Waals surface area contributed by atoms with Crippen LogP contribution < -0.4 is 5.56 Å². The summed E-state index contributed by atoms with van der Waals surface area (Å²) in [4.78, 5) is 25.1. The van der Waals surface area contributed by atoms with Gasteiger partial charge in [0.05, 0.1) is 6.07 Å². The minimum atomic E-state index is -0.673. The summed E-state index contributed by atoms with van der Waals surface area (Å²) in [5.41, 5.74) is 2.84. The molecule has 3 rings (SSSR count). The van der Waals surface area contributed by atoms with Crippen molar-refractivity contribution in [3.8, 4) is 28.7 Å². The molecule has 2 aromatic heterocycles. The molecule has 1 N–H and O–H groups in total. The number of hydrogen-bond donors (Lipinski definition) is 1. The minimum absolute atomic E-state index is 0.0976. The van der Waals surface area contributed by atoms with E-state index in [1.54, 1.807) is 6.07 Å². The second-order valence-corrected chi connectivity index (χ2v) is 5.63. The predicted molar refractivity (Wildman–Crippen MR) is 91.0 cm³/mol. The highest BCUT2D eigenvalue weighted by Crippen LogP contribution is 2.31. The van der Waals surface area contributed by atoms with E-state index in [0.717, 1.165) is 16.7 Å². The van der Waals surface area contributed by atoms with E-state index in [4.69, 9.17) is 4.42 Å². The van der Waals surface area contributed by atoms with Crippen LogP contribution in [0, 0.1) is 35.3 Å². The molecular formula is C18H13N3O4. The number of aromatic amines is 1. The molecule has 0 unspecified atom stereocenters. The molecule has 2 heterocycles. The first-order valence-corrected chi connectivity index (χ1v) is 7.40. The lowest BCUT2D eigenvalue weighted by molar-refractivity contribution is -0.401. The van der Waals surface area contributed by atoms with Crippen LogP contribution >= 0.6 is 0 Å². The molecule has 0 spiro atoms. The van der Waals surface area contributed by atoms with Crippen LogP contribution in [0.25, 0.3) is 22.6 Å². The lowest BCUT2D eigenvalue weighted by Gasteiger charge is -2.09. The van der Waals surface area contributed by atoms with Gasteiger partial charge in [-0.15, -0.1) is 0 Å². The quantitative estimate of drug-likeness (QED) is 0.579. The Kier molecular flexibility index (Phi) is 3.95. The second kappa shape index (κ2) is 6.09. The number of rotatable bonds is 3. The Labute approximate surface area is 142 Å². The van der Waals surface area contributed by atoms with Crippen molar-refractivity contribution in [1.82, 2.24) is 4.98 Å². The van der Waals surface area contributed by atoms with E-state index in [1.165, 1.54) is 12.1 Å². The molecule has 0 aliphatic carbocycles. The van der Waals surface area contributed by atoms with E-state index in [1.807, 2.05) is 38.1 Å². The van der Waals surface area contributed by atoms with Crippen molar-refractivity contribution in [1.29, 1.82) is 5.26 Å². The summed E-state index contributed by atoms with van der Waals surface area (Å²) in [6.45, 7) is 3.88.